The first-order chi connectivity index (χ1) is 7.36. The smallest absolute Gasteiger partial charge is 0.223 e. The molecule has 1 N–H and O–H groups in total. The van der Waals surface area contributed by atoms with Gasteiger partial charge in [0.1, 0.15) is 5.76 Å². The van der Waals surface area contributed by atoms with Gasteiger partial charge in [-0.05, 0) is 25.0 Å². The van der Waals surface area contributed by atoms with Gasteiger partial charge in [-0.15, -0.1) is 0 Å². The van der Waals surface area contributed by atoms with E-state index < -0.39 is 0 Å². The van der Waals surface area contributed by atoms with Crippen molar-refractivity contribution in [2.24, 2.45) is 5.92 Å². The first kappa shape index (κ1) is 10.3. The van der Waals surface area contributed by atoms with E-state index >= 15 is 0 Å². The summed E-state index contributed by atoms with van der Waals surface area (Å²) in [6.07, 6.45) is 6.98. The van der Waals surface area contributed by atoms with Crippen LogP contribution in [0.1, 0.15) is 31.4 Å². The lowest BCUT2D eigenvalue weighted by Gasteiger charge is -2.09. The fourth-order valence-corrected chi connectivity index (χ4v) is 2.10. The molecule has 15 heavy (non-hydrogen) atoms. The van der Waals surface area contributed by atoms with E-state index in [1.54, 1.807) is 6.26 Å². The van der Waals surface area contributed by atoms with E-state index in [4.69, 9.17) is 4.42 Å². The minimum absolute atomic E-state index is 0.221. The van der Waals surface area contributed by atoms with Gasteiger partial charge in [0.05, 0.1) is 6.26 Å². The fourth-order valence-electron chi connectivity index (χ4n) is 2.10. The number of nitrogens with one attached hydrogen (secondary N) is 1. The summed E-state index contributed by atoms with van der Waals surface area (Å²) in [4.78, 5) is 11.6. The van der Waals surface area contributed by atoms with E-state index in [1.807, 2.05) is 12.1 Å². The molecule has 3 heteroatoms. The first-order valence-electron chi connectivity index (χ1n) is 5.66. The molecule has 1 aliphatic carbocycles. The summed E-state index contributed by atoms with van der Waals surface area (Å²) >= 11 is 0. The van der Waals surface area contributed by atoms with Crippen LogP contribution in [0.5, 0.6) is 0 Å². The van der Waals surface area contributed by atoms with Gasteiger partial charge in [0.25, 0.3) is 0 Å². The van der Waals surface area contributed by atoms with Crippen LogP contribution in [0, 0.1) is 5.92 Å². The van der Waals surface area contributed by atoms with E-state index in [0.29, 0.717) is 6.54 Å². The molecule has 0 spiro atoms. The maximum absolute atomic E-state index is 11.6. The van der Waals surface area contributed by atoms with Gasteiger partial charge in [-0.25, -0.2) is 0 Å². The molecule has 0 unspecified atom stereocenters. The largest absolute Gasteiger partial charge is 0.469 e. The van der Waals surface area contributed by atoms with Gasteiger partial charge >= 0.3 is 0 Å². The second kappa shape index (κ2) is 5.01. The first-order valence-corrected chi connectivity index (χ1v) is 5.66. The average molecular weight is 207 g/mol. The van der Waals surface area contributed by atoms with Crippen molar-refractivity contribution in [2.45, 2.75) is 32.1 Å². The average Bonchev–Trinajstić information content (AvgIpc) is 2.90. The number of furan rings is 1. The lowest BCUT2D eigenvalue weighted by molar-refractivity contribution is -0.124. The Morgan fingerprint density at radius 2 is 2.27 bits per heavy atom. The molecule has 0 bridgehead atoms. The number of amides is 1. The lowest BCUT2D eigenvalue weighted by Crippen LogP contribution is -2.30. The zero-order valence-electron chi connectivity index (χ0n) is 8.87. The molecular weight excluding hydrogens is 190 g/mol. The molecule has 1 aromatic heterocycles. The maximum atomic E-state index is 11.6. The molecule has 2 rings (SSSR count). The van der Waals surface area contributed by atoms with Crippen molar-refractivity contribution in [3.63, 3.8) is 0 Å². The van der Waals surface area contributed by atoms with Gasteiger partial charge in [0.15, 0.2) is 0 Å². The van der Waals surface area contributed by atoms with Crippen molar-refractivity contribution in [3.8, 4) is 0 Å². The SMILES string of the molecule is O=C(NCCc1ccco1)C1CCCC1. The van der Waals surface area contributed by atoms with E-state index in [2.05, 4.69) is 5.32 Å². The molecule has 1 amide bonds. The summed E-state index contributed by atoms with van der Waals surface area (Å²) in [5, 5.41) is 2.96. The number of rotatable bonds is 4. The Morgan fingerprint density at radius 1 is 1.47 bits per heavy atom. The lowest BCUT2D eigenvalue weighted by atomic mass is 10.1. The van der Waals surface area contributed by atoms with Gasteiger partial charge in [0, 0.05) is 18.9 Å². The number of hydrogen-bond donors (Lipinski definition) is 1. The predicted octanol–water partition coefficient (Wildman–Crippen LogP) is 2.13. The molecule has 1 aliphatic rings. The van der Waals surface area contributed by atoms with Crippen molar-refractivity contribution >= 4 is 5.91 Å². The van der Waals surface area contributed by atoms with Gasteiger partial charge in [-0.3, -0.25) is 4.79 Å². The van der Waals surface area contributed by atoms with Crippen LogP contribution in [0.3, 0.4) is 0 Å². The molecule has 0 saturated heterocycles. The molecule has 0 radical (unpaired) electrons. The van der Waals surface area contributed by atoms with E-state index in [-0.39, 0.29) is 11.8 Å². The number of hydrogen-bond acceptors (Lipinski definition) is 2. The summed E-state index contributed by atoms with van der Waals surface area (Å²) in [5.74, 6) is 1.42. The van der Waals surface area contributed by atoms with Crippen LogP contribution < -0.4 is 5.32 Å². The van der Waals surface area contributed by atoms with E-state index in [1.165, 1.54) is 12.8 Å². The maximum Gasteiger partial charge on any atom is 0.223 e. The predicted molar refractivity (Wildman–Crippen MR) is 57.4 cm³/mol. The minimum atomic E-state index is 0.221. The van der Waals surface area contributed by atoms with Crippen molar-refractivity contribution < 1.29 is 9.21 Å². The summed E-state index contributed by atoms with van der Waals surface area (Å²) in [5.41, 5.74) is 0. The van der Waals surface area contributed by atoms with Gasteiger partial charge in [0.2, 0.25) is 5.91 Å². The highest BCUT2D eigenvalue weighted by Crippen LogP contribution is 2.24. The van der Waals surface area contributed by atoms with Crippen molar-refractivity contribution in [3.05, 3.63) is 24.2 Å². The highest BCUT2D eigenvalue weighted by atomic mass is 16.3. The molecule has 1 aromatic rings. The summed E-state index contributed by atoms with van der Waals surface area (Å²) in [6, 6.07) is 3.80. The zero-order valence-corrected chi connectivity index (χ0v) is 8.87. The van der Waals surface area contributed by atoms with Crippen LogP contribution in [-0.2, 0) is 11.2 Å². The Labute approximate surface area is 89.9 Å². The molecule has 0 aliphatic heterocycles. The molecule has 82 valence electrons. The zero-order chi connectivity index (χ0) is 10.5. The fraction of sp³-hybridized carbons (Fsp3) is 0.583. The van der Waals surface area contributed by atoms with Gasteiger partial charge in [-0.2, -0.15) is 0 Å². The van der Waals surface area contributed by atoms with Crippen LogP contribution in [-0.4, -0.2) is 12.5 Å². The topological polar surface area (TPSA) is 42.2 Å². The van der Waals surface area contributed by atoms with Crippen LogP contribution in [0.15, 0.2) is 22.8 Å². The van der Waals surface area contributed by atoms with Crippen LogP contribution >= 0.6 is 0 Å². The summed E-state index contributed by atoms with van der Waals surface area (Å²) < 4.78 is 5.19. The highest BCUT2D eigenvalue weighted by molar-refractivity contribution is 5.78. The summed E-state index contributed by atoms with van der Waals surface area (Å²) in [7, 11) is 0. The van der Waals surface area contributed by atoms with Crippen LogP contribution in [0.25, 0.3) is 0 Å². The Balaban J connectivity index is 1.67. The number of carbonyl (C=O) groups excluding carboxylic acids is 1. The molecule has 0 aromatic carbocycles. The summed E-state index contributed by atoms with van der Waals surface area (Å²) in [6.45, 7) is 0.683. The third-order valence-electron chi connectivity index (χ3n) is 2.98. The molecule has 1 heterocycles. The van der Waals surface area contributed by atoms with Gasteiger partial charge in [-0.1, -0.05) is 12.8 Å². The van der Waals surface area contributed by atoms with Crippen LogP contribution in [0.2, 0.25) is 0 Å². The quantitative estimate of drug-likeness (QED) is 0.821. The third kappa shape index (κ3) is 2.85. The minimum Gasteiger partial charge on any atom is -0.469 e. The second-order valence-electron chi connectivity index (χ2n) is 4.10. The second-order valence-corrected chi connectivity index (χ2v) is 4.10. The normalized spacial score (nSPS) is 16.8. The Hall–Kier alpha value is -1.25. The molecule has 1 saturated carbocycles. The Morgan fingerprint density at radius 3 is 2.93 bits per heavy atom. The van der Waals surface area contributed by atoms with E-state index in [0.717, 1.165) is 25.0 Å². The number of carbonyl (C=O) groups is 1. The Bertz CT molecular complexity index is 299. The molecule has 0 atom stereocenters. The standard InChI is InChI=1S/C12H17NO2/c14-12(10-4-1-2-5-10)13-8-7-11-6-3-9-15-11/h3,6,9-10H,1-2,4-5,7-8H2,(H,13,14). The van der Waals surface area contributed by atoms with Crippen molar-refractivity contribution in [1.29, 1.82) is 0 Å². The molecular formula is C12H17NO2. The molecule has 3 nitrogen and oxygen atoms in total. The monoisotopic (exact) mass is 207 g/mol. The van der Waals surface area contributed by atoms with Crippen molar-refractivity contribution in [2.75, 3.05) is 6.54 Å². The van der Waals surface area contributed by atoms with Crippen LogP contribution in [0.4, 0.5) is 0 Å². The third-order valence-corrected chi connectivity index (χ3v) is 2.98. The Kier molecular flexibility index (Phi) is 3.43. The van der Waals surface area contributed by atoms with Gasteiger partial charge < -0.3 is 9.73 Å². The van der Waals surface area contributed by atoms with Crippen molar-refractivity contribution in [1.82, 2.24) is 5.32 Å². The van der Waals surface area contributed by atoms with E-state index in [9.17, 15) is 4.79 Å². The molecule has 1 fully saturated rings. The highest BCUT2D eigenvalue weighted by Gasteiger charge is 2.21.